The van der Waals surface area contributed by atoms with Gasteiger partial charge in [0.2, 0.25) is 5.91 Å². The lowest BCUT2D eigenvalue weighted by Gasteiger charge is -2.36. The number of carbonyl (C=O) groups excluding carboxylic acids is 1. The average molecular weight is 419 g/mol. The van der Waals surface area contributed by atoms with Gasteiger partial charge in [-0.2, -0.15) is 0 Å². The maximum absolute atomic E-state index is 11.2. The van der Waals surface area contributed by atoms with Gasteiger partial charge < -0.3 is 5.73 Å². The van der Waals surface area contributed by atoms with Gasteiger partial charge in [-0.05, 0) is 86.4 Å². The van der Waals surface area contributed by atoms with Crippen molar-refractivity contribution in [2.45, 2.75) is 63.5 Å². The third-order valence-corrected chi connectivity index (χ3v) is 7.71. The van der Waals surface area contributed by atoms with Crippen molar-refractivity contribution in [3.05, 3.63) is 64.5 Å². The van der Waals surface area contributed by atoms with E-state index < -0.39 is 5.91 Å². The van der Waals surface area contributed by atoms with Gasteiger partial charge in [-0.3, -0.25) is 19.6 Å². The quantitative estimate of drug-likeness (QED) is 0.807. The molecule has 2 fully saturated rings. The van der Waals surface area contributed by atoms with Gasteiger partial charge in [-0.25, -0.2) is 0 Å². The molecule has 2 aromatic rings. The molecule has 1 aromatic carbocycles. The van der Waals surface area contributed by atoms with E-state index in [9.17, 15) is 4.79 Å². The van der Waals surface area contributed by atoms with Crippen LogP contribution in [0, 0.1) is 0 Å². The molecule has 1 saturated carbocycles. The van der Waals surface area contributed by atoms with Crippen LogP contribution in [0.2, 0.25) is 0 Å². The van der Waals surface area contributed by atoms with Crippen LogP contribution >= 0.6 is 0 Å². The summed E-state index contributed by atoms with van der Waals surface area (Å²) < 4.78 is 0. The lowest BCUT2D eigenvalue weighted by Crippen LogP contribution is -2.41. The highest BCUT2D eigenvalue weighted by atomic mass is 16.1. The zero-order valence-corrected chi connectivity index (χ0v) is 18.4. The summed E-state index contributed by atoms with van der Waals surface area (Å²) in [6.07, 6.45) is 10.7. The van der Waals surface area contributed by atoms with E-state index in [-0.39, 0.29) is 0 Å². The summed E-state index contributed by atoms with van der Waals surface area (Å²) in [4.78, 5) is 20.8. The van der Waals surface area contributed by atoms with Crippen LogP contribution in [-0.2, 0) is 19.4 Å². The van der Waals surface area contributed by atoms with Gasteiger partial charge in [0.1, 0.15) is 0 Å². The zero-order chi connectivity index (χ0) is 21.2. The highest BCUT2D eigenvalue weighted by Crippen LogP contribution is 2.32. The summed E-state index contributed by atoms with van der Waals surface area (Å²) in [5.74, 6) is 0.245. The fourth-order valence-corrected chi connectivity index (χ4v) is 5.45. The summed E-state index contributed by atoms with van der Waals surface area (Å²) >= 11 is 0. The lowest BCUT2D eigenvalue weighted by molar-refractivity contribution is 0.1000. The number of amides is 1. The van der Waals surface area contributed by atoms with E-state index >= 15 is 0 Å². The third kappa shape index (κ3) is 4.68. The number of benzene rings is 1. The van der Waals surface area contributed by atoms with Crippen LogP contribution in [0.15, 0.2) is 36.5 Å². The minimum atomic E-state index is -0.420. The minimum absolute atomic E-state index is 0.420. The summed E-state index contributed by atoms with van der Waals surface area (Å²) in [6.45, 7) is 5.50. The van der Waals surface area contributed by atoms with Gasteiger partial charge in [-0.15, -0.1) is 0 Å². The van der Waals surface area contributed by atoms with Crippen LogP contribution in [0.1, 0.15) is 70.8 Å². The second-order valence-electron chi connectivity index (χ2n) is 9.60. The van der Waals surface area contributed by atoms with Gasteiger partial charge in [-0.1, -0.05) is 24.6 Å². The van der Waals surface area contributed by atoms with E-state index in [2.05, 4.69) is 33.0 Å². The Labute approximate surface area is 185 Å². The Morgan fingerprint density at radius 3 is 2.39 bits per heavy atom. The monoisotopic (exact) mass is 418 g/mol. The number of hydrogen-bond acceptors (Lipinski definition) is 4. The van der Waals surface area contributed by atoms with Crippen molar-refractivity contribution in [3.8, 4) is 0 Å². The first-order valence-electron chi connectivity index (χ1n) is 12.0. The summed E-state index contributed by atoms with van der Waals surface area (Å²) in [5, 5.41) is 0. The maximum Gasteiger partial charge on any atom is 0.250 e. The predicted molar refractivity (Wildman–Crippen MR) is 123 cm³/mol. The first-order chi connectivity index (χ1) is 15.2. The number of nitrogens with two attached hydrogens (primary N) is 1. The van der Waals surface area contributed by atoms with Gasteiger partial charge in [0.15, 0.2) is 0 Å². The van der Waals surface area contributed by atoms with E-state index in [1.54, 1.807) is 29.0 Å². The molecule has 1 saturated heterocycles. The molecule has 0 unspecified atom stereocenters. The van der Waals surface area contributed by atoms with Crippen LogP contribution in [0.4, 0.5) is 0 Å². The molecule has 0 atom stereocenters. The van der Waals surface area contributed by atoms with Crippen LogP contribution in [0.3, 0.4) is 0 Å². The first-order valence-corrected chi connectivity index (χ1v) is 12.0. The average Bonchev–Trinajstić information content (AvgIpc) is 2.96. The highest BCUT2D eigenvalue weighted by molar-refractivity contribution is 5.92. The fourth-order valence-electron chi connectivity index (χ4n) is 5.45. The first kappa shape index (κ1) is 20.7. The second kappa shape index (κ2) is 9.09. The standard InChI is InChI=1S/C26H34N4O/c27-26(31)23-6-7-24(28-17-23)18-29-12-8-20(9-13-29)21-5-4-19-10-14-30(25-2-1-3-25)15-11-22(19)16-21/h4-7,16-17,20,25H,1-3,8-15,18H2,(H2,27,31). The van der Waals surface area contributed by atoms with E-state index in [1.165, 1.54) is 58.0 Å². The smallest absolute Gasteiger partial charge is 0.250 e. The Morgan fingerprint density at radius 2 is 1.74 bits per heavy atom. The number of rotatable bonds is 5. The number of nitrogens with zero attached hydrogens (tertiary/aromatic N) is 3. The number of aromatic nitrogens is 1. The molecule has 0 bridgehead atoms. The molecule has 1 amide bonds. The minimum Gasteiger partial charge on any atom is -0.366 e. The molecule has 2 aliphatic heterocycles. The van der Waals surface area contributed by atoms with E-state index in [0.29, 0.717) is 11.5 Å². The molecule has 1 aliphatic carbocycles. The third-order valence-electron chi connectivity index (χ3n) is 7.71. The molecule has 5 nitrogen and oxygen atoms in total. The molecule has 3 aliphatic rings. The summed E-state index contributed by atoms with van der Waals surface area (Å²) in [7, 11) is 0. The zero-order valence-electron chi connectivity index (χ0n) is 18.4. The normalized spacial score (nSPS) is 21.3. The lowest BCUT2D eigenvalue weighted by atomic mass is 9.87. The number of likely N-dealkylation sites (tertiary alicyclic amines) is 1. The Bertz CT molecular complexity index is 914. The van der Waals surface area contributed by atoms with Crippen molar-refractivity contribution in [2.24, 2.45) is 5.73 Å². The fraction of sp³-hybridized carbons (Fsp3) is 0.538. The number of piperidine rings is 1. The van der Waals surface area contributed by atoms with Gasteiger partial charge in [0.05, 0.1) is 11.3 Å². The van der Waals surface area contributed by atoms with Crippen molar-refractivity contribution in [2.75, 3.05) is 26.2 Å². The second-order valence-corrected chi connectivity index (χ2v) is 9.60. The number of carbonyl (C=O) groups is 1. The molecular formula is C26H34N4O. The van der Waals surface area contributed by atoms with Gasteiger partial charge in [0, 0.05) is 31.9 Å². The highest BCUT2D eigenvalue weighted by Gasteiger charge is 2.27. The molecule has 0 radical (unpaired) electrons. The molecule has 164 valence electrons. The number of primary amides is 1. The molecule has 0 spiro atoms. The van der Waals surface area contributed by atoms with Crippen molar-refractivity contribution in [1.29, 1.82) is 0 Å². The van der Waals surface area contributed by atoms with E-state index in [0.717, 1.165) is 31.4 Å². The van der Waals surface area contributed by atoms with Gasteiger partial charge in [0.25, 0.3) is 0 Å². The van der Waals surface area contributed by atoms with E-state index in [1.807, 2.05) is 6.07 Å². The number of hydrogen-bond donors (Lipinski definition) is 1. The van der Waals surface area contributed by atoms with Crippen LogP contribution in [-0.4, -0.2) is 52.9 Å². The van der Waals surface area contributed by atoms with Crippen molar-refractivity contribution in [3.63, 3.8) is 0 Å². The Kier molecular flexibility index (Phi) is 6.06. The number of fused-ring (bicyclic) bond motifs is 1. The number of pyridine rings is 1. The molecule has 1 aromatic heterocycles. The molecule has 31 heavy (non-hydrogen) atoms. The summed E-state index contributed by atoms with van der Waals surface area (Å²) in [6, 6.07) is 11.9. The largest absolute Gasteiger partial charge is 0.366 e. The van der Waals surface area contributed by atoms with E-state index in [4.69, 9.17) is 5.73 Å². The van der Waals surface area contributed by atoms with Crippen LogP contribution in [0.25, 0.3) is 0 Å². The summed E-state index contributed by atoms with van der Waals surface area (Å²) in [5.41, 5.74) is 11.5. The van der Waals surface area contributed by atoms with Crippen LogP contribution < -0.4 is 5.73 Å². The van der Waals surface area contributed by atoms with Gasteiger partial charge >= 0.3 is 0 Å². The molecule has 2 N–H and O–H groups in total. The Balaban J connectivity index is 1.16. The van der Waals surface area contributed by atoms with Crippen molar-refractivity contribution in [1.82, 2.24) is 14.8 Å². The topological polar surface area (TPSA) is 62.5 Å². The Morgan fingerprint density at radius 1 is 0.968 bits per heavy atom. The van der Waals surface area contributed by atoms with Crippen LogP contribution in [0.5, 0.6) is 0 Å². The molecule has 5 heteroatoms. The maximum atomic E-state index is 11.2. The molecule has 3 heterocycles. The molecule has 5 rings (SSSR count). The Hall–Kier alpha value is -2.24. The SMILES string of the molecule is NC(=O)c1ccc(CN2CCC(c3ccc4c(c3)CCN(C3CCC3)CC4)CC2)nc1. The van der Waals surface area contributed by atoms with Crippen molar-refractivity contribution >= 4 is 5.91 Å². The molecular weight excluding hydrogens is 384 g/mol. The van der Waals surface area contributed by atoms with Crippen molar-refractivity contribution < 1.29 is 4.79 Å². The predicted octanol–water partition coefficient (Wildman–Crippen LogP) is 3.51.